The SMILES string of the molecule is CCNS(=O)(=O)c1ccc(NC2COCC2C(=O)O)cc1. The number of anilines is 1. The minimum absolute atomic E-state index is 0.173. The molecule has 0 aromatic heterocycles. The summed E-state index contributed by atoms with van der Waals surface area (Å²) in [5.41, 5.74) is 0.659. The summed E-state index contributed by atoms with van der Waals surface area (Å²) in [5.74, 6) is -1.51. The van der Waals surface area contributed by atoms with E-state index in [0.717, 1.165) is 0 Å². The maximum atomic E-state index is 11.8. The molecule has 0 spiro atoms. The summed E-state index contributed by atoms with van der Waals surface area (Å²) in [6.45, 7) is 2.52. The van der Waals surface area contributed by atoms with Crippen LogP contribution in [-0.4, -0.2) is 45.3 Å². The highest BCUT2D eigenvalue weighted by Crippen LogP contribution is 2.20. The van der Waals surface area contributed by atoms with E-state index in [2.05, 4.69) is 10.0 Å². The van der Waals surface area contributed by atoms with Crippen molar-refractivity contribution in [3.05, 3.63) is 24.3 Å². The van der Waals surface area contributed by atoms with E-state index in [-0.39, 0.29) is 17.5 Å². The van der Waals surface area contributed by atoms with Gasteiger partial charge in [-0.1, -0.05) is 6.92 Å². The van der Waals surface area contributed by atoms with Gasteiger partial charge in [0.25, 0.3) is 0 Å². The van der Waals surface area contributed by atoms with Crippen LogP contribution >= 0.6 is 0 Å². The molecule has 116 valence electrons. The lowest BCUT2D eigenvalue weighted by molar-refractivity contribution is -0.141. The maximum Gasteiger partial charge on any atom is 0.311 e. The van der Waals surface area contributed by atoms with E-state index in [1.54, 1.807) is 19.1 Å². The van der Waals surface area contributed by atoms with Crippen molar-refractivity contribution in [2.75, 3.05) is 25.1 Å². The van der Waals surface area contributed by atoms with Gasteiger partial charge in [0.2, 0.25) is 10.0 Å². The molecule has 3 N–H and O–H groups in total. The van der Waals surface area contributed by atoms with Crippen LogP contribution in [0.3, 0.4) is 0 Å². The predicted molar refractivity (Wildman–Crippen MR) is 76.7 cm³/mol. The fourth-order valence-corrected chi connectivity index (χ4v) is 3.20. The molecular weight excluding hydrogens is 296 g/mol. The van der Waals surface area contributed by atoms with Gasteiger partial charge in [0.1, 0.15) is 5.92 Å². The molecule has 1 saturated heterocycles. The van der Waals surface area contributed by atoms with Crippen LogP contribution in [0.1, 0.15) is 6.92 Å². The molecule has 1 aromatic carbocycles. The summed E-state index contributed by atoms with van der Waals surface area (Å²) >= 11 is 0. The third kappa shape index (κ3) is 3.72. The second-order valence-electron chi connectivity index (χ2n) is 4.76. The van der Waals surface area contributed by atoms with Crippen LogP contribution in [0.4, 0.5) is 5.69 Å². The topological polar surface area (TPSA) is 105 Å². The molecular formula is C13H18N2O5S. The van der Waals surface area contributed by atoms with Crippen LogP contribution in [0, 0.1) is 5.92 Å². The van der Waals surface area contributed by atoms with Gasteiger partial charge in [0, 0.05) is 12.2 Å². The van der Waals surface area contributed by atoms with Crippen LogP contribution in [0.25, 0.3) is 0 Å². The Hall–Kier alpha value is -1.64. The fourth-order valence-electron chi connectivity index (χ4n) is 2.16. The molecule has 2 rings (SSSR count). The molecule has 0 saturated carbocycles. The number of hydrogen-bond donors (Lipinski definition) is 3. The van der Waals surface area contributed by atoms with E-state index in [1.165, 1.54) is 12.1 Å². The Bertz CT molecular complexity index is 599. The largest absolute Gasteiger partial charge is 0.481 e. The van der Waals surface area contributed by atoms with Crippen molar-refractivity contribution in [1.29, 1.82) is 0 Å². The monoisotopic (exact) mass is 314 g/mol. The van der Waals surface area contributed by atoms with Crippen molar-refractivity contribution in [1.82, 2.24) is 4.72 Å². The molecule has 0 amide bonds. The normalized spacial score (nSPS) is 22.1. The first-order valence-electron chi connectivity index (χ1n) is 6.61. The van der Waals surface area contributed by atoms with Gasteiger partial charge in [-0.2, -0.15) is 0 Å². The Balaban J connectivity index is 2.08. The maximum absolute atomic E-state index is 11.8. The van der Waals surface area contributed by atoms with E-state index < -0.39 is 21.9 Å². The highest BCUT2D eigenvalue weighted by atomic mass is 32.2. The smallest absolute Gasteiger partial charge is 0.311 e. The Labute approximate surface area is 123 Å². The number of ether oxygens (including phenoxy) is 1. The van der Waals surface area contributed by atoms with Gasteiger partial charge in [0.15, 0.2) is 0 Å². The third-order valence-electron chi connectivity index (χ3n) is 3.25. The van der Waals surface area contributed by atoms with Crippen LogP contribution in [-0.2, 0) is 19.6 Å². The molecule has 0 radical (unpaired) electrons. The number of carboxylic acids is 1. The molecule has 1 fully saturated rings. The summed E-state index contributed by atoms with van der Waals surface area (Å²) in [6.07, 6.45) is 0. The summed E-state index contributed by atoms with van der Waals surface area (Å²) in [4.78, 5) is 11.2. The van der Waals surface area contributed by atoms with E-state index in [0.29, 0.717) is 18.8 Å². The lowest BCUT2D eigenvalue weighted by atomic mass is 10.0. The second kappa shape index (κ2) is 6.42. The average molecular weight is 314 g/mol. The molecule has 1 aromatic rings. The van der Waals surface area contributed by atoms with Crippen molar-refractivity contribution in [3.63, 3.8) is 0 Å². The van der Waals surface area contributed by atoms with Gasteiger partial charge in [-0.3, -0.25) is 4.79 Å². The summed E-state index contributed by atoms with van der Waals surface area (Å²) in [6, 6.07) is 5.86. The molecule has 21 heavy (non-hydrogen) atoms. The van der Waals surface area contributed by atoms with Gasteiger partial charge >= 0.3 is 5.97 Å². The first kappa shape index (κ1) is 15.7. The number of nitrogens with one attached hydrogen (secondary N) is 2. The Kier molecular flexibility index (Phi) is 4.81. The fraction of sp³-hybridized carbons (Fsp3) is 0.462. The number of carbonyl (C=O) groups is 1. The molecule has 2 unspecified atom stereocenters. The molecule has 8 heteroatoms. The number of hydrogen-bond acceptors (Lipinski definition) is 5. The summed E-state index contributed by atoms with van der Waals surface area (Å²) in [5, 5.41) is 12.1. The van der Waals surface area contributed by atoms with Crippen molar-refractivity contribution in [3.8, 4) is 0 Å². The van der Waals surface area contributed by atoms with E-state index >= 15 is 0 Å². The standard InChI is InChI=1S/C13H18N2O5S/c1-2-14-21(18,19)10-5-3-9(4-6-10)15-12-8-20-7-11(12)13(16)17/h3-6,11-12,14-15H,2,7-8H2,1H3,(H,16,17). The van der Waals surface area contributed by atoms with E-state index in [4.69, 9.17) is 9.84 Å². The van der Waals surface area contributed by atoms with Crippen LogP contribution in [0.15, 0.2) is 29.2 Å². The Morgan fingerprint density at radius 1 is 1.33 bits per heavy atom. The van der Waals surface area contributed by atoms with Gasteiger partial charge in [-0.05, 0) is 24.3 Å². The lowest BCUT2D eigenvalue weighted by Gasteiger charge is -2.17. The Morgan fingerprint density at radius 3 is 2.57 bits per heavy atom. The zero-order valence-corrected chi connectivity index (χ0v) is 12.4. The van der Waals surface area contributed by atoms with Crippen molar-refractivity contribution < 1.29 is 23.1 Å². The van der Waals surface area contributed by atoms with Crippen molar-refractivity contribution in [2.45, 2.75) is 17.9 Å². The number of sulfonamides is 1. The first-order chi connectivity index (χ1) is 9.94. The second-order valence-corrected chi connectivity index (χ2v) is 6.53. The zero-order valence-electron chi connectivity index (χ0n) is 11.6. The van der Waals surface area contributed by atoms with E-state index in [9.17, 15) is 13.2 Å². The molecule has 1 aliphatic rings. The van der Waals surface area contributed by atoms with Gasteiger partial charge < -0.3 is 15.2 Å². The lowest BCUT2D eigenvalue weighted by Crippen LogP contribution is -2.33. The highest BCUT2D eigenvalue weighted by molar-refractivity contribution is 7.89. The minimum Gasteiger partial charge on any atom is -0.481 e. The zero-order chi connectivity index (χ0) is 15.5. The van der Waals surface area contributed by atoms with Crippen molar-refractivity contribution in [2.24, 2.45) is 5.92 Å². The number of benzene rings is 1. The molecule has 1 heterocycles. The first-order valence-corrected chi connectivity index (χ1v) is 8.09. The minimum atomic E-state index is -3.48. The van der Waals surface area contributed by atoms with Gasteiger partial charge in [-0.15, -0.1) is 0 Å². The third-order valence-corrected chi connectivity index (χ3v) is 4.81. The molecule has 2 atom stereocenters. The van der Waals surface area contributed by atoms with E-state index in [1.807, 2.05) is 0 Å². The number of rotatable bonds is 6. The molecule has 1 aliphatic heterocycles. The van der Waals surface area contributed by atoms with Gasteiger partial charge in [0.05, 0.1) is 24.2 Å². The van der Waals surface area contributed by atoms with Crippen LogP contribution in [0.5, 0.6) is 0 Å². The number of carboxylic acid groups (broad SMARTS) is 1. The van der Waals surface area contributed by atoms with Crippen molar-refractivity contribution >= 4 is 21.7 Å². The molecule has 0 aliphatic carbocycles. The van der Waals surface area contributed by atoms with Crippen LogP contribution in [0.2, 0.25) is 0 Å². The predicted octanol–water partition coefficient (Wildman–Crippen LogP) is 0.496. The van der Waals surface area contributed by atoms with Gasteiger partial charge in [-0.25, -0.2) is 13.1 Å². The molecule has 0 bridgehead atoms. The van der Waals surface area contributed by atoms with Crippen LogP contribution < -0.4 is 10.0 Å². The average Bonchev–Trinajstić information content (AvgIpc) is 2.87. The molecule has 7 nitrogen and oxygen atoms in total. The Morgan fingerprint density at radius 2 is 2.00 bits per heavy atom. The summed E-state index contributed by atoms with van der Waals surface area (Å²) in [7, 11) is -3.48. The summed E-state index contributed by atoms with van der Waals surface area (Å²) < 4.78 is 31.2. The number of aliphatic carboxylic acids is 1. The highest BCUT2D eigenvalue weighted by Gasteiger charge is 2.33. The quantitative estimate of drug-likeness (QED) is 0.706.